The number of para-hydroxylation sites is 1. The molecule has 0 bridgehead atoms. The second-order valence-electron chi connectivity index (χ2n) is 5.27. The van der Waals surface area contributed by atoms with Gasteiger partial charge in [-0.3, -0.25) is 4.79 Å². The number of aliphatic hydroxyl groups is 1. The first-order chi connectivity index (χ1) is 8.52. The minimum Gasteiger partial charge on any atom is -0.480 e. The van der Waals surface area contributed by atoms with E-state index in [-0.39, 0.29) is 12.5 Å². The van der Waals surface area contributed by atoms with Crippen LogP contribution in [0.1, 0.15) is 25.8 Å². The van der Waals surface area contributed by atoms with Crippen LogP contribution in [-0.4, -0.2) is 29.3 Å². The van der Waals surface area contributed by atoms with Gasteiger partial charge in [0.1, 0.15) is 5.75 Å². The van der Waals surface area contributed by atoms with E-state index >= 15 is 0 Å². The molecule has 1 aliphatic rings. The van der Waals surface area contributed by atoms with Crippen LogP contribution < -0.4 is 10.1 Å². The number of ether oxygens (including phenoxy) is 1. The van der Waals surface area contributed by atoms with Crippen LogP contribution in [0.15, 0.2) is 24.3 Å². The van der Waals surface area contributed by atoms with Gasteiger partial charge in [-0.05, 0) is 31.9 Å². The van der Waals surface area contributed by atoms with Crippen LogP contribution in [0.5, 0.6) is 5.75 Å². The van der Waals surface area contributed by atoms with E-state index in [1.807, 2.05) is 38.1 Å². The summed E-state index contributed by atoms with van der Waals surface area (Å²) in [4.78, 5) is 12.1. The van der Waals surface area contributed by atoms with Crippen LogP contribution in [0.2, 0.25) is 0 Å². The third-order valence-electron chi connectivity index (χ3n) is 3.14. The second kappa shape index (κ2) is 4.98. The van der Waals surface area contributed by atoms with Gasteiger partial charge in [0.25, 0.3) is 5.91 Å². The van der Waals surface area contributed by atoms with E-state index in [0.717, 1.165) is 11.3 Å². The Labute approximate surface area is 107 Å². The van der Waals surface area contributed by atoms with E-state index in [1.54, 1.807) is 0 Å². The first-order valence-electron chi connectivity index (χ1n) is 6.19. The third kappa shape index (κ3) is 2.82. The van der Waals surface area contributed by atoms with Crippen molar-refractivity contribution in [1.29, 1.82) is 0 Å². The number of carbonyl (C=O) groups is 1. The molecule has 1 heterocycles. The summed E-state index contributed by atoms with van der Waals surface area (Å²) in [5, 5.41) is 11.8. The summed E-state index contributed by atoms with van der Waals surface area (Å²) in [6.45, 7) is 3.84. The Bertz CT molecular complexity index is 417. The number of nitrogens with one attached hydrogen (secondary N) is 1. The molecule has 2 rings (SSSR count). The predicted octanol–water partition coefficient (Wildman–Crippen LogP) is 1.27. The number of rotatable bonds is 4. The lowest BCUT2D eigenvalue weighted by atomic mass is 10.0. The predicted molar refractivity (Wildman–Crippen MR) is 68.5 cm³/mol. The van der Waals surface area contributed by atoms with E-state index in [2.05, 4.69) is 5.32 Å². The highest BCUT2D eigenvalue weighted by atomic mass is 16.5. The SMILES string of the molecule is CC(C)(CCO)NC(=O)C1Cc2ccccc2O1. The molecule has 0 saturated heterocycles. The molecule has 2 N–H and O–H groups in total. The van der Waals surface area contributed by atoms with Gasteiger partial charge in [-0.2, -0.15) is 0 Å². The summed E-state index contributed by atoms with van der Waals surface area (Å²) in [5.41, 5.74) is 0.655. The summed E-state index contributed by atoms with van der Waals surface area (Å²) in [5.74, 6) is 0.669. The zero-order chi connectivity index (χ0) is 13.2. The van der Waals surface area contributed by atoms with Crippen molar-refractivity contribution >= 4 is 5.91 Å². The van der Waals surface area contributed by atoms with E-state index in [0.29, 0.717) is 12.8 Å². The van der Waals surface area contributed by atoms with Crippen molar-refractivity contribution in [2.45, 2.75) is 38.3 Å². The molecule has 1 aromatic rings. The topological polar surface area (TPSA) is 58.6 Å². The number of hydrogen-bond donors (Lipinski definition) is 2. The van der Waals surface area contributed by atoms with E-state index in [1.165, 1.54) is 0 Å². The van der Waals surface area contributed by atoms with Crippen LogP contribution in [0.3, 0.4) is 0 Å². The third-order valence-corrected chi connectivity index (χ3v) is 3.14. The van der Waals surface area contributed by atoms with Gasteiger partial charge in [0.2, 0.25) is 0 Å². The minimum absolute atomic E-state index is 0.0546. The lowest BCUT2D eigenvalue weighted by Gasteiger charge is -2.26. The van der Waals surface area contributed by atoms with Crippen molar-refractivity contribution in [3.63, 3.8) is 0 Å². The molecule has 4 heteroatoms. The number of hydrogen-bond acceptors (Lipinski definition) is 3. The summed E-state index contributed by atoms with van der Waals surface area (Å²) in [6.07, 6.45) is 0.677. The molecule has 4 nitrogen and oxygen atoms in total. The van der Waals surface area contributed by atoms with Gasteiger partial charge >= 0.3 is 0 Å². The second-order valence-corrected chi connectivity index (χ2v) is 5.27. The molecule has 1 amide bonds. The Hall–Kier alpha value is -1.55. The first-order valence-corrected chi connectivity index (χ1v) is 6.19. The van der Waals surface area contributed by atoms with Gasteiger partial charge < -0.3 is 15.2 Å². The standard InChI is InChI=1S/C14H19NO3/c1-14(2,7-8-16)15-13(17)12-9-10-5-3-4-6-11(10)18-12/h3-6,12,16H,7-9H2,1-2H3,(H,15,17). The Morgan fingerprint density at radius 1 is 1.50 bits per heavy atom. The van der Waals surface area contributed by atoms with Crippen molar-refractivity contribution < 1.29 is 14.6 Å². The number of benzene rings is 1. The molecule has 18 heavy (non-hydrogen) atoms. The van der Waals surface area contributed by atoms with Crippen LogP contribution in [0, 0.1) is 0 Å². The van der Waals surface area contributed by atoms with Crippen LogP contribution in [-0.2, 0) is 11.2 Å². The minimum atomic E-state index is -0.458. The van der Waals surface area contributed by atoms with Gasteiger partial charge in [-0.25, -0.2) is 0 Å². The van der Waals surface area contributed by atoms with Crippen molar-refractivity contribution in [3.05, 3.63) is 29.8 Å². The lowest BCUT2D eigenvalue weighted by Crippen LogP contribution is -2.49. The number of carbonyl (C=O) groups excluding carboxylic acids is 1. The Morgan fingerprint density at radius 3 is 2.89 bits per heavy atom. The van der Waals surface area contributed by atoms with Crippen molar-refractivity contribution in [2.75, 3.05) is 6.61 Å². The average Bonchev–Trinajstić information content (AvgIpc) is 2.71. The maximum absolute atomic E-state index is 12.1. The highest BCUT2D eigenvalue weighted by Gasteiger charge is 2.31. The Kier molecular flexibility index (Phi) is 3.57. The first kappa shape index (κ1) is 12.9. The zero-order valence-corrected chi connectivity index (χ0v) is 10.8. The van der Waals surface area contributed by atoms with Gasteiger partial charge in [0, 0.05) is 18.6 Å². The van der Waals surface area contributed by atoms with Gasteiger partial charge in [-0.1, -0.05) is 18.2 Å². The molecular formula is C14H19NO3. The van der Waals surface area contributed by atoms with E-state index in [4.69, 9.17) is 9.84 Å². The summed E-state index contributed by atoms with van der Waals surface area (Å²) >= 11 is 0. The van der Waals surface area contributed by atoms with Crippen LogP contribution >= 0.6 is 0 Å². The number of aliphatic hydroxyl groups excluding tert-OH is 1. The molecule has 0 radical (unpaired) electrons. The van der Waals surface area contributed by atoms with Crippen molar-refractivity contribution in [3.8, 4) is 5.75 Å². The largest absolute Gasteiger partial charge is 0.480 e. The molecule has 0 saturated carbocycles. The fourth-order valence-electron chi connectivity index (χ4n) is 2.08. The smallest absolute Gasteiger partial charge is 0.261 e. The lowest BCUT2D eigenvalue weighted by molar-refractivity contribution is -0.129. The molecule has 0 spiro atoms. The zero-order valence-electron chi connectivity index (χ0n) is 10.8. The Balaban J connectivity index is 1.97. The van der Waals surface area contributed by atoms with Crippen molar-refractivity contribution in [1.82, 2.24) is 5.32 Å². The quantitative estimate of drug-likeness (QED) is 0.844. The summed E-state index contributed by atoms with van der Waals surface area (Å²) < 4.78 is 5.62. The van der Waals surface area contributed by atoms with Gasteiger partial charge in [0.05, 0.1) is 0 Å². The molecular weight excluding hydrogens is 230 g/mol. The molecule has 1 unspecified atom stereocenters. The molecule has 98 valence electrons. The Morgan fingerprint density at radius 2 is 2.22 bits per heavy atom. The molecule has 0 aliphatic carbocycles. The number of amides is 1. The maximum Gasteiger partial charge on any atom is 0.261 e. The highest BCUT2D eigenvalue weighted by Crippen LogP contribution is 2.28. The normalized spacial score (nSPS) is 18.1. The molecule has 1 atom stereocenters. The molecule has 1 aliphatic heterocycles. The van der Waals surface area contributed by atoms with E-state index in [9.17, 15) is 4.79 Å². The van der Waals surface area contributed by atoms with Crippen LogP contribution in [0.25, 0.3) is 0 Å². The monoisotopic (exact) mass is 249 g/mol. The molecule has 1 aromatic carbocycles. The summed E-state index contributed by atoms with van der Waals surface area (Å²) in [6, 6.07) is 7.69. The summed E-state index contributed by atoms with van der Waals surface area (Å²) in [7, 11) is 0. The van der Waals surface area contributed by atoms with Crippen LogP contribution in [0.4, 0.5) is 0 Å². The average molecular weight is 249 g/mol. The van der Waals surface area contributed by atoms with Gasteiger partial charge in [-0.15, -0.1) is 0 Å². The maximum atomic E-state index is 12.1. The molecule has 0 aromatic heterocycles. The van der Waals surface area contributed by atoms with E-state index < -0.39 is 11.6 Å². The number of fused-ring (bicyclic) bond motifs is 1. The van der Waals surface area contributed by atoms with Gasteiger partial charge in [0.15, 0.2) is 6.10 Å². The fourth-order valence-corrected chi connectivity index (χ4v) is 2.08. The fraction of sp³-hybridized carbons (Fsp3) is 0.500. The van der Waals surface area contributed by atoms with Crippen molar-refractivity contribution in [2.24, 2.45) is 0 Å². The highest BCUT2D eigenvalue weighted by molar-refractivity contribution is 5.83. The molecule has 0 fully saturated rings.